The van der Waals surface area contributed by atoms with Gasteiger partial charge in [0.1, 0.15) is 0 Å². The number of rotatable bonds is 5. The molecule has 1 aliphatic rings. The van der Waals surface area contributed by atoms with Crippen LogP contribution in [0.2, 0.25) is 0 Å². The van der Waals surface area contributed by atoms with E-state index in [1.165, 1.54) is 30.0 Å². The summed E-state index contributed by atoms with van der Waals surface area (Å²) < 4.78 is 81.7. The molecular weight excluding hydrogens is 462 g/mol. The van der Waals surface area contributed by atoms with E-state index in [9.17, 15) is 31.1 Å². The molecule has 0 bridgehead atoms. The molecule has 2 heterocycles. The normalized spacial score (nSPS) is 19.0. The fourth-order valence-corrected chi connectivity index (χ4v) is 3.64. The van der Waals surface area contributed by atoms with Gasteiger partial charge in [0.05, 0.1) is 23.6 Å². The molecule has 0 aliphatic carbocycles. The molecule has 13 heteroatoms. The number of nitrogens with zero attached hydrogens (tertiary/aromatic N) is 3. The number of aromatic nitrogens is 2. The van der Waals surface area contributed by atoms with Crippen molar-refractivity contribution < 1.29 is 36.0 Å². The lowest BCUT2D eigenvalue weighted by molar-refractivity contribution is -0.278. The van der Waals surface area contributed by atoms with E-state index in [1.54, 1.807) is 13.2 Å². The monoisotopic (exact) mass is 480 g/mol. The lowest BCUT2D eigenvalue weighted by atomic mass is 9.89. The number of amides is 1. The van der Waals surface area contributed by atoms with Crippen molar-refractivity contribution in [2.75, 3.05) is 17.3 Å². The highest BCUT2D eigenvalue weighted by atomic mass is 32.2. The van der Waals surface area contributed by atoms with Gasteiger partial charge < -0.3 is 10.2 Å². The summed E-state index contributed by atoms with van der Waals surface area (Å²) in [6.45, 7) is 1.66. The molecule has 174 valence electrons. The third-order valence-electron chi connectivity index (χ3n) is 4.88. The van der Waals surface area contributed by atoms with Gasteiger partial charge in [-0.2, -0.15) is 43.2 Å². The number of oxime groups is 1. The maximum absolute atomic E-state index is 14.1. The van der Waals surface area contributed by atoms with Crippen molar-refractivity contribution in [2.45, 2.75) is 31.3 Å². The van der Waals surface area contributed by atoms with Gasteiger partial charge in [-0.1, -0.05) is 11.2 Å². The van der Waals surface area contributed by atoms with Gasteiger partial charge >= 0.3 is 12.4 Å². The Labute approximate surface area is 183 Å². The maximum Gasteiger partial charge on any atom is 0.437 e. The summed E-state index contributed by atoms with van der Waals surface area (Å²) in [6.07, 6.45) is -9.07. The Morgan fingerprint density at radius 2 is 1.94 bits per heavy atom. The Balaban J connectivity index is 1.93. The number of benzene rings is 1. The predicted molar refractivity (Wildman–Crippen MR) is 106 cm³/mol. The van der Waals surface area contributed by atoms with E-state index in [0.29, 0.717) is 22.0 Å². The van der Waals surface area contributed by atoms with Crippen molar-refractivity contribution in [3.05, 3.63) is 46.8 Å². The van der Waals surface area contributed by atoms with Crippen molar-refractivity contribution in [1.82, 2.24) is 9.78 Å². The van der Waals surface area contributed by atoms with E-state index < -0.39 is 35.8 Å². The molecule has 1 aliphatic heterocycles. The summed E-state index contributed by atoms with van der Waals surface area (Å²) in [5.74, 6) is 0.00291. The van der Waals surface area contributed by atoms with Crippen molar-refractivity contribution in [2.24, 2.45) is 12.2 Å². The minimum Gasteiger partial charge on any atom is -0.372 e. The van der Waals surface area contributed by atoms with Gasteiger partial charge in [-0.05, 0) is 42.5 Å². The number of halogens is 6. The third kappa shape index (κ3) is 4.43. The second-order valence-corrected chi connectivity index (χ2v) is 8.04. The van der Waals surface area contributed by atoms with E-state index in [0.717, 1.165) is 7.05 Å². The first kappa shape index (κ1) is 24.0. The largest absolute Gasteiger partial charge is 0.437 e. The van der Waals surface area contributed by atoms with Crippen LogP contribution in [0.1, 0.15) is 28.9 Å². The zero-order chi connectivity index (χ0) is 23.9. The van der Waals surface area contributed by atoms with Gasteiger partial charge in [-0.25, -0.2) is 0 Å². The number of nitrogens with one attached hydrogen (secondary N) is 1. The lowest BCUT2D eigenvalue weighted by Gasteiger charge is -2.28. The number of alkyl halides is 6. The van der Waals surface area contributed by atoms with E-state index in [1.807, 2.05) is 0 Å². The van der Waals surface area contributed by atoms with Crippen LogP contribution in [0.3, 0.4) is 0 Å². The highest BCUT2D eigenvalue weighted by Gasteiger charge is 2.64. The van der Waals surface area contributed by atoms with Gasteiger partial charge in [0.15, 0.2) is 5.69 Å². The zero-order valence-corrected chi connectivity index (χ0v) is 17.9. The van der Waals surface area contributed by atoms with E-state index in [-0.39, 0.29) is 22.9 Å². The maximum atomic E-state index is 14.1. The molecule has 6 nitrogen and oxygen atoms in total. The molecule has 1 N–H and O–H groups in total. The molecule has 0 spiro atoms. The van der Waals surface area contributed by atoms with Crippen LogP contribution in [0.15, 0.2) is 29.4 Å². The van der Waals surface area contributed by atoms with Crippen LogP contribution < -0.4 is 5.32 Å². The molecule has 2 aromatic rings. The standard InChI is InChI=1S/C19H18F6N4O2S/c1-10-6-11(4-5-12(10)26-16(30)9-32-3)13-8-17(31-28-13,19(23,24)25)15-7-14(18(20,21)22)27-29(15)2/h4-7H,8-9H2,1-3H3,(H,26,30). The first-order chi connectivity index (χ1) is 14.8. The minimum atomic E-state index is -5.07. The van der Waals surface area contributed by atoms with Crippen molar-refractivity contribution in [3.63, 3.8) is 0 Å². The number of anilines is 1. The second kappa shape index (κ2) is 8.34. The van der Waals surface area contributed by atoms with E-state index in [2.05, 4.69) is 15.6 Å². The van der Waals surface area contributed by atoms with Crippen molar-refractivity contribution in [1.29, 1.82) is 0 Å². The highest BCUT2D eigenvalue weighted by molar-refractivity contribution is 7.99. The van der Waals surface area contributed by atoms with Crippen LogP contribution in [-0.4, -0.2) is 39.6 Å². The molecular formula is C19H18F6N4O2S. The molecule has 1 unspecified atom stereocenters. The Kier molecular flexibility index (Phi) is 6.24. The molecule has 1 aromatic heterocycles. The molecule has 0 radical (unpaired) electrons. The fraction of sp³-hybridized carbons (Fsp3) is 0.421. The number of carbonyl (C=O) groups excluding carboxylic acids is 1. The predicted octanol–water partition coefficient (Wildman–Crippen LogP) is 4.63. The number of carbonyl (C=O) groups is 1. The molecule has 32 heavy (non-hydrogen) atoms. The second-order valence-electron chi connectivity index (χ2n) is 7.18. The Morgan fingerprint density at radius 1 is 1.25 bits per heavy atom. The van der Waals surface area contributed by atoms with Gasteiger partial charge in [-0.3, -0.25) is 9.48 Å². The van der Waals surface area contributed by atoms with Crippen molar-refractivity contribution in [3.8, 4) is 0 Å². The van der Waals surface area contributed by atoms with Gasteiger partial charge in [0.25, 0.3) is 5.60 Å². The SMILES string of the molecule is CSCC(=O)Nc1ccc(C2=NOC(c3cc(C(F)(F)F)nn3C)(C(F)(F)F)C2)cc1C. The van der Waals surface area contributed by atoms with Gasteiger partial charge in [0.2, 0.25) is 5.91 Å². The summed E-state index contributed by atoms with van der Waals surface area (Å²) in [6, 6.07) is 4.82. The summed E-state index contributed by atoms with van der Waals surface area (Å²) in [4.78, 5) is 16.6. The molecule has 0 fully saturated rings. The molecule has 3 rings (SSSR count). The first-order valence-electron chi connectivity index (χ1n) is 9.12. The number of aryl methyl sites for hydroxylation is 2. The van der Waals surface area contributed by atoms with E-state index in [4.69, 9.17) is 4.84 Å². The van der Waals surface area contributed by atoms with E-state index >= 15 is 0 Å². The Bertz CT molecular complexity index is 1060. The van der Waals surface area contributed by atoms with Gasteiger partial charge in [-0.15, -0.1) is 0 Å². The lowest BCUT2D eigenvalue weighted by Crippen LogP contribution is -2.44. The van der Waals surface area contributed by atoms with Crippen LogP contribution in [0.4, 0.5) is 32.0 Å². The van der Waals surface area contributed by atoms with Crippen LogP contribution in [0.5, 0.6) is 0 Å². The highest BCUT2D eigenvalue weighted by Crippen LogP contribution is 2.49. The molecule has 0 saturated carbocycles. The van der Waals surface area contributed by atoms with Crippen LogP contribution in [-0.2, 0) is 28.5 Å². The van der Waals surface area contributed by atoms with Crippen LogP contribution in [0.25, 0.3) is 0 Å². The Hall–Kier alpha value is -2.70. The average Bonchev–Trinajstić information content (AvgIpc) is 3.28. The third-order valence-corrected chi connectivity index (χ3v) is 5.43. The summed E-state index contributed by atoms with van der Waals surface area (Å²) in [5, 5.41) is 9.42. The fourth-order valence-electron chi connectivity index (χ4n) is 3.31. The topological polar surface area (TPSA) is 68.5 Å². The average molecular weight is 480 g/mol. The molecule has 1 atom stereocenters. The first-order valence-corrected chi connectivity index (χ1v) is 10.5. The summed E-state index contributed by atoms with van der Waals surface area (Å²) in [7, 11) is 0.982. The number of hydrogen-bond donors (Lipinski definition) is 1. The number of hydrogen-bond acceptors (Lipinski definition) is 5. The number of thioether (sulfide) groups is 1. The quantitative estimate of drug-likeness (QED) is 0.634. The molecule has 1 amide bonds. The van der Waals surface area contributed by atoms with Crippen LogP contribution in [0, 0.1) is 6.92 Å². The van der Waals surface area contributed by atoms with Gasteiger partial charge in [0, 0.05) is 12.7 Å². The minimum absolute atomic E-state index is 0.0952. The zero-order valence-electron chi connectivity index (χ0n) is 17.1. The molecule has 0 saturated heterocycles. The van der Waals surface area contributed by atoms with Crippen LogP contribution >= 0.6 is 11.8 Å². The van der Waals surface area contributed by atoms with Crippen molar-refractivity contribution >= 4 is 29.1 Å². The Morgan fingerprint density at radius 3 is 2.47 bits per heavy atom. The smallest absolute Gasteiger partial charge is 0.372 e. The molecule has 1 aromatic carbocycles. The summed E-state index contributed by atoms with van der Waals surface area (Å²) in [5.41, 5.74) is -4.14. The summed E-state index contributed by atoms with van der Waals surface area (Å²) >= 11 is 1.33.